The molecule has 0 radical (unpaired) electrons. The van der Waals surface area contributed by atoms with Gasteiger partial charge in [-0.05, 0) is 39.9 Å². The summed E-state index contributed by atoms with van der Waals surface area (Å²) in [5, 5.41) is 79.8. The summed E-state index contributed by atoms with van der Waals surface area (Å²) in [6.07, 6.45) is -10.5. The first-order chi connectivity index (χ1) is 12.8. The van der Waals surface area contributed by atoms with Crippen molar-refractivity contribution >= 4 is 17.3 Å². The average Bonchev–Trinajstić information content (AvgIpc) is 2.43. The molecule has 0 aromatic rings. The van der Waals surface area contributed by atoms with E-state index in [1.54, 1.807) is 0 Å². The summed E-state index contributed by atoms with van der Waals surface area (Å²) < 4.78 is 0. The van der Waals surface area contributed by atoms with Crippen LogP contribution in [0.15, 0.2) is 0 Å². The molecular weight excluding hydrogens is 392 g/mol. The highest BCUT2D eigenvalue weighted by molar-refractivity contribution is 7.80. The Bertz CT molecular complexity index is 383. The van der Waals surface area contributed by atoms with Gasteiger partial charge in [0.15, 0.2) is 5.11 Å². The molecule has 0 fully saturated rings. The van der Waals surface area contributed by atoms with Crippen LogP contribution in [0.4, 0.5) is 0 Å². The molecule has 0 aromatic carbocycles. The van der Waals surface area contributed by atoms with Gasteiger partial charge in [-0.3, -0.25) is 9.80 Å². The van der Waals surface area contributed by atoms with Crippen LogP contribution in [-0.4, -0.2) is 105 Å². The Morgan fingerprint density at radius 1 is 0.536 bits per heavy atom. The maximum absolute atomic E-state index is 10.5. The van der Waals surface area contributed by atoms with Gasteiger partial charge in [0.05, 0.1) is 24.4 Å². The number of rotatable bonds is 12. The van der Waals surface area contributed by atoms with Gasteiger partial charge in [-0.25, -0.2) is 0 Å². The molecule has 8 N–H and O–H groups in total. The van der Waals surface area contributed by atoms with Gasteiger partial charge in [0.1, 0.15) is 24.9 Å². The zero-order valence-electron chi connectivity index (χ0n) is 16.8. The first kappa shape index (κ1) is 27.4. The van der Waals surface area contributed by atoms with Gasteiger partial charge >= 0.3 is 0 Å². The highest BCUT2D eigenvalue weighted by Crippen LogP contribution is 2.21. The molecular formula is C17H36N2O8S. The summed E-state index contributed by atoms with van der Waals surface area (Å²) in [7, 11) is 0. The predicted octanol–water partition coefficient (Wildman–Crippen LogP) is -1.77. The van der Waals surface area contributed by atoms with Gasteiger partial charge < -0.3 is 40.9 Å². The van der Waals surface area contributed by atoms with Crippen LogP contribution < -0.4 is 0 Å². The number of aliphatic hydroxyl groups is 8. The molecule has 0 unspecified atom stereocenters. The van der Waals surface area contributed by atoms with E-state index in [2.05, 4.69) is 0 Å². The third-order valence-corrected chi connectivity index (χ3v) is 4.36. The number of hydrogen-bond donors (Lipinski definition) is 8. The van der Waals surface area contributed by atoms with E-state index in [-0.39, 0.29) is 30.8 Å². The van der Waals surface area contributed by atoms with Crippen molar-refractivity contribution in [3.8, 4) is 0 Å². The highest BCUT2D eigenvalue weighted by atomic mass is 32.1. The fraction of sp³-hybridized carbons (Fsp3) is 0.941. The number of nitrogens with zero attached hydrogens (tertiary/aromatic N) is 2. The molecule has 0 aromatic heterocycles. The number of hydrogen-bond acceptors (Lipinski definition) is 9. The summed E-state index contributed by atoms with van der Waals surface area (Å²) in [5.74, 6) is 0. The molecule has 168 valence electrons. The minimum Gasteiger partial charge on any atom is -0.393 e. The van der Waals surface area contributed by atoms with E-state index in [0.29, 0.717) is 0 Å². The van der Waals surface area contributed by atoms with Crippen LogP contribution in [0.3, 0.4) is 0 Å². The molecule has 0 aliphatic carbocycles. The Kier molecular flexibility index (Phi) is 12.5. The lowest BCUT2D eigenvalue weighted by Crippen LogP contribution is -2.59. The minimum absolute atomic E-state index is 0.205. The molecule has 0 aliphatic heterocycles. The van der Waals surface area contributed by atoms with Crippen LogP contribution >= 0.6 is 12.2 Å². The number of aliphatic hydroxyl groups excluding tert-OH is 8. The summed E-state index contributed by atoms with van der Waals surface area (Å²) in [4.78, 5) is 1.79. The third kappa shape index (κ3) is 9.72. The average molecular weight is 429 g/mol. The number of thiocarbonyl (C=S) groups is 1. The fourth-order valence-corrected chi connectivity index (χ4v) is 3.20. The van der Waals surface area contributed by atoms with Crippen molar-refractivity contribution in [2.75, 3.05) is 0 Å². The molecule has 28 heavy (non-hydrogen) atoms. The monoisotopic (exact) mass is 428 g/mol. The minimum atomic E-state index is -1.48. The Morgan fingerprint density at radius 3 is 0.857 bits per heavy atom. The standard InChI is InChI=1S/C17H36N2O8S/c1-9(20)5-13(24)18(14(25)6-10(2)21)17(28)19(15(26)7-11(3)22)16(27)8-12(4)23/h9-16,20-27H,5-8H2,1-4H3/t9-,10-,11-,12-,13-,14-,15+,16+/m0/s1. The molecule has 8 atom stereocenters. The van der Waals surface area contributed by atoms with E-state index < -0.39 is 49.3 Å². The largest absolute Gasteiger partial charge is 0.393 e. The lowest BCUT2D eigenvalue weighted by molar-refractivity contribution is -0.120. The second-order valence-electron chi connectivity index (χ2n) is 7.36. The summed E-state index contributed by atoms with van der Waals surface area (Å²) in [6.45, 7) is 5.70. The first-order valence-electron chi connectivity index (χ1n) is 9.33. The quantitative estimate of drug-likeness (QED) is 0.131. The summed E-state index contributed by atoms with van der Waals surface area (Å²) >= 11 is 5.30. The van der Waals surface area contributed by atoms with Crippen molar-refractivity contribution in [1.29, 1.82) is 0 Å². The van der Waals surface area contributed by atoms with Crippen LogP contribution in [0.2, 0.25) is 0 Å². The van der Waals surface area contributed by atoms with Gasteiger partial charge in [-0.1, -0.05) is 0 Å². The van der Waals surface area contributed by atoms with Crippen LogP contribution in [0.25, 0.3) is 0 Å². The molecule has 10 nitrogen and oxygen atoms in total. The molecule has 0 rings (SSSR count). The lowest BCUT2D eigenvalue weighted by Gasteiger charge is -2.43. The second-order valence-corrected chi connectivity index (χ2v) is 7.72. The van der Waals surface area contributed by atoms with Crippen molar-refractivity contribution in [2.45, 2.75) is 103 Å². The SMILES string of the molecule is C[C@H](O)C[C@@H](O)N(C(=S)N([C@@H](O)C[C@H](C)O)[C@@H](O)C[C@H](C)O)[C@H](O)C[C@H](C)O. The second kappa shape index (κ2) is 12.8. The Labute approximate surface area is 171 Å². The highest BCUT2D eigenvalue weighted by Gasteiger charge is 2.36. The topological polar surface area (TPSA) is 168 Å². The van der Waals surface area contributed by atoms with Crippen molar-refractivity contribution in [3.05, 3.63) is 0 Å². The van der Waals surface area contributed by atoms with Gasteiger partial charge in [-0.15, -0.1) is 0 Å². The van der Waals surface area contributed by atoms with Crippen LogP contribution in [-0.2, 0) is 0 Å². The van der Waals surface area contributed by atoms with E-state index in [9.17, 15) is 40.9 Å². The fourth-order valence-electron chi connectivity index (χ4n) is 2.72. The van der Waals surface area contributed by atoms with Crippen molar-refractivity contribution < 1.29 is 40.9 Å². The van der Waals surface area contributed by atoms with Crippen LogP contribution in [0.5, 0.6) is 0 Å². The van der Waals surface area contributed by atoms with Crippen molar-refractivity contribution in [1.82, 2.24) is 9.80 Å². The zero-order chi connectivity index (χ0) is 22.2. The summed E-state index contributed by atoms with van der Waals surface area (Å²) in [5.41, 5.74) is 0. The summed E-state index contributed by atoms with van der Waals surface area (Å²) in [6, 6.07) is 0. The maximum Gasteiger partial charge on any atom is 0.179 e. The Morgan fingerprint density at radius 2 is 0.714 bits per heavy atom. The van der Waals surface area contributed by atoms with Crippen molar-refractivity contribution in [3.63, 3.8) is 0 Å². The van der Waals surface area contributed by atoms with E-state index in [4.69, 9.17) is 12.2 Å². The van der Waals surface area contributed by atoms with Gasteiger partial charge in [0.25, 0.3) is 0 Å². The zero-order valence-corrected chi connectivity index (χ0v) is 17.6. The van der Waals surface area contributed by atoms with E-state index in [0.717, 1.165) is 9.80 Å². The van der Waals surface area contributed by atoms with Gasteiger partial charge in [0, 0.05) is 25.7 Å². The molecule has 0 heterocycles. The van der Waals surface area contributed by atoms with E-state index in [1.807, 2.05) is 0 Å². The van der Waals surface area contributed by atoms with E-state index >= 15 is 0 Å². The third-order valence-electron chi connectivity index (χ3n) is 3.93. The van der Waals surface area contributed by atoms with E-state index in [1.165, 1.54) is 27.7 Å². The predicted molar refractivity (Wildman–Crippen MR) is 105 cm³/mol. The lowest BCUT2D eigenvalue weighted by atomic mass is 10.1. The molecule has 0 saturated carbocycles. The van der Waals surface area contributed by atoms with Gasteiger partial charge in [-0.2, -0.15) is 0 Å². The normalized spacial score (nSPS) is 20.4. The molecule has 0 spiro atoms. The molecule has 0 saturated heterocycles. The molecule has 0 bridgehead atoms. The van der Waals surface area contributed by atoms with Gasteiger partial charge in [0.2, 0.25) is 0 Å². The van der Waals surface area contributed by atoms with Crippen molar-refractivity contribution in [2.24, 2.45) is 0 Å². The first-order valence-corrected chi connectivity index (χ1v) is 9.73. The molecule has 11 heteroatoms. The van der Waals surface area contributed by atoms with Crippen LogP contribution in [0.1, 0.15) is 53.4 Å². The Balaban J connectivity index is 5.86. The van der Waals surface area contributed by atoms with Crippen LogP contribution in [0, 0.1) is 0 Å². The maximum atomic E-state index is 10.5. The Hall–Kier alpha value is -0.630. The molecule has 0 amide bonds. The smallest absolute Gasteiger partial charge is 0.179 e. The molecule has 0 aliphatic rings.